The van der Waals surface area contributed by atoms with Gasteiger partial charge in [0.15, 0.2) is 0 Å². The van der Waals surface area contributed by atoms with Gasteiger partial charge in [-0.3, -0.25) is 4.79 Å². The summed E-state index contributed by atoms with van der Waals surface area (Å²) >= 11 is 0. The Balaban J connectivity index is 0.000000261. The number of carbonyl (C=O) groups is 1. The van der Waals surface area contributed by atoms with Crippen LogP contribution < -0.4 is 5.32 Å². The van der Waals surface area contributed by atoms with Crippen molar-refractivity contribution in [1.29, 1.82) is 0 Å². The van der Waals surface area contributed by atoms with E-state index >= 15 is 0 Å². The Labute approximate surface area is 139 Å². The van der Waals surface area contributed by atoms with Crippen molar-refractivity contribution in [2.24, 2.45) is 0 Å². The third-order valence-corrected chi connectivity index (χ3v) is 4.40. The van der Waals surface area contributed by atoms with Gasteiger partial charge in [-0.2, -0.15) is 0 Å². The molecule has 6 heteroatoms. The maximum absolute atomic E-state index is 10.5. The Morgan fingerprint density at radius 3 is 1.86 bits per heavy atom. The van der Waals surface area contributed by atoms with Gasteiger partial charge in [-0.25, -0.2) is 9.97 Å². The molecular weight excluding hydrogens is 314 g/mol. The highest BCUT2D eigenvalue weighted by Gasteiger charge is 1.97. The topological polar surface area (TPSA) is 54.9 Å². The number of rotatable bonds is 5. The van der Waals surface area contributed by atoms with Crippen LogP contribution in [-0.2, 0) is 4.79 Å². The smallest absolute Gasteiger partial charge is 0.246 e. The average molecular weight is 333 g/mol. The van der Waals surface area contributed by atoms with Gasteiger partial charge in [-0.05, 0) is 59.7 Å². The van der Waals surface area contributed by atoms with Crippen molar-refractivity contribution >= 4 is 27.5 Å². The summed E-state index contributed by atoms with van der Waals surface area (Å²) in [4.78, 5) is 18.9. The lowest BCUT2D eigenvalue weighted by Gasteiger charge is -1.97. The summed E-state index contributed by atoms with van der Waals surface area (Å²) in [6.45, 7) is 7.70. The first-order valence-electron chi connectivity index (χ1n) is 6.73. The molecule has 0 aliphatic rings. The first kappa shape index (κ1) is 18.3. The molecule has 2 rings (SSSR count). The van der Waals surface area contributed by atoms with Crippen molar-refractivity contribution in [2.75, 3.05) is 6.54 Å². The Hall–Kier alpha value is -1.79. The minimum absolute atomic E-state index is 0.0625. The normalized spacial score (nSPS) is 9.36. The average Bonchev–Trinajstić information content (AvgIpc) is 2.56. The molecule has 0 spiro atoms. The molecule has 0 atom stereocenters. The fourth-order valence-corrected chi connectivity index (χ4v) is 2.94. The third kappa shape index (κ3) is 7.85. The van der Waals surface area contributed by atoms with Gasteiger partial charge < -0.3 is 5.32 Å². The number of nitrogens with one attached hydrogen (secondary N) is 1. The van der Waals surface area contributed by atoms with E-state index in [1.54, 1.807) is 40.9 Å². The zero-order chi connectivity index (χ0) is 16.2. The lowest BCUT2D eigenvalue weighted by Crippen LogP contribution is -2.22. The van der Waals surface area contributed by atoms with Gasteiger partial charge in [0.25, 0.3) is 0 Å². The fraction of sp³-hybridized carbons (Fsp3) is 0.188. The van der Waals surface area contributed by atoms with Gasteiger partial charge in [0.2, 0.25) is 5.91 Å². The molecule has 0 saturated heterocycles. The summed E-state index contributed by atoms with van der Waals surface area (Å²) in [7, 11) is 3.23. The van der Waals surface area contributed by atoms with Gasteiger partial charge >= 0.3 is 0 Å². The summed E-state index contributed by atoms with van der Waals surface area (Å²) in [5.41, 5.74) is 0.562. The minimum Gasteiger partial charge on any atom is -0.353 e. The Morgan fingerprint density at radius 1 is 1.09 bits per heavy atom. The van der Waals surface area contributed by atoms with Crippen molar-refractivity contribution in [2.45, 2.75) is 23.9 Å². The first-order chi connectivity index (χ1) is 10.6. The fourth-order valence-electron chi connectivity index (χ4n) is 1.19. The SMILES string of the molecule is C=C(C)C(=O)NCC.c1ccc(SSc2ccccn2)nc1. The standard InChI is InChI=1S/C10H8N2S2.C6H11NO/c1-3-7-11-9(5-1)13-14-10-6-2-4-8-12-10;1-4-7-6(8)5(2)3/h1-8H;2,4H2,1,3H3,(H,7,8). The number of aromatic nitrogens is 2. The molecule has 22 heavy (non-hydrogen) atoms. The maximum Gasteiger partial charge on any atom is 0.246 e. The zero-order valence-electron chi connectivity index (χ0n) is 12.7. The predicted octanol–water partition coefficient (Wildman–Crippen LogP) is 3.97. The second-order valence-corrected chi connectivity index (χ2v) is 6.31. The van der Waals surface area contributed by atoms with Crippen LogP contribution in [0.25, 0.3) is 0 Å². The van der Waals surface area contributed by atoms with Gasteiger partial charge in [-0.15, -0.1) is 0 Å². The van der Waals surface area contributed by atoms with E-state index in [4.69, 9.17) is 0 Å². The molecule has 1 amide bonds. The molecule has 0 bridgehead atoms. The molecule has 116 valence electrons. The number of carbonyl (C=O) groups excluding carboxylic acids is 1. The van der Waals surface area contributed by atoms with E-state index in [1.165, 1.54) is 0 Å². The molecule has 0 radical (unpaired) electrons. The molecule has 0 saturated carbocycles. The van der Waals surface area contributed by atoms with Crippen molar-refractivity contribution < 1.29 is 4.79 Å². The lowest BCUT2D eigenvalue weighted by atomic mass is 10.3. The van der Waals surface area contributed by atoms with E-state index in [9.17, 15) is 4.79 Å². The molecule has 0 aromatic carbocycles. The number of nitrogens with zero attached hydrogens (tertiary/aromatic N) is 2. The van der Waals surface area contributed by atoms with Crippen LogP contribution in [0.4, 0.5) is 0 Å². The number of pyridine rings is 2. The van der Waals surface area contributed by atoms with Gasteiger partial charge in [0, 0.05) is 24.5 Å². The summed E-state index contributed by atoms with van der Waals surface area (Å²) in [5, 5.41) is 4.61. The van der Waals surface area contributed by atoms with E-state index in [2.05, 4.69) is 21.9 Å². The molecule has 0 unspecified atom stereocenters. The number of hydrogen-bond donors (Lipinski definition) is 1. The second-order valence-electron chi connectivity index (χ2n) is 4.14. The zero-order valence-corrected chi connectivity index (χ0v) is 14.3. The van der Waals surface area contributed by atoms with Crippen molar-refractivity contribution in [3.63, 3.8) is 0 Å². The molecule has 2 aromatic rings. The quantitative estimate of drug-likeness (QED) is 0.663. The van der Waals surface area contributed by atoms with Crippen LogP contribution in [0.15, 0.2) is 71.0 Å². The molecule has 0 aliphatic carbocycles. The van der Waals surface area contributed by atoms with Crippen molar-refractivity contribution in [1.82, 2.24) is 15.3 Å². The highest BCUT2D eigenvalue weighted by molar-refractivity contribution is 8.76. The van der Waals surface area contributed by atoms with E-state index in [0.29, 0.717) is 12.1 Å². The van der Waals surface area contributed by atoms with E-state index < -0.39 is 0 Å². The summed E-state index contributed by atoms with van der Waals surface area (Å²) in [6, 6.07) is 11.8. The highest BCUT2D eigenvalue weighted by Crippen LogP contribution is 2.34. The highest BCUT2D eigenvalue weighted by atomic mass is 33.1. The molecule has 1 N–H and O–H groups in total. The molecule has 0 fully saturated rings. The predicted molar refractivity (Wildman–Crippen MR) is 93.7 cm³/mol. The number of hydrogen-bond acceptors (Lipinski definition) is 5. The van der Waals surface area contributed by atoms with Crippen LogP contribution in [0.3, 0.4) is 0 Å². The second kappa shape index (κ2) is 10.9. The van der Waals surface area contributed by atoms with E-state index in [-0.39, 0.29) is 5.91 Å². The number of likely N-dealkylation sites (N-methyl/N-ethyl adjacent to an activating group) is 1. The first-order valence-corrected chi connectivity index (χ1v) is 8.88. The number of amides is 1. The minimum atomic E-state index is -0.0625. The van der Waals surface area contributed by atoms with Gasteiger partial charge in [-0.1, -0.05) is 18.7 Å². The maximum atomic E-state index is 10.5. The molecule has 4 nitrogen and oxygen atoms in total. The van der Waals surface area contributed by atoms with Crippen LogP contribution in [0.2, 0.25) is 0 Å². The van der Waals surface area contributed by atoms with Crippen molar-refractivity contribution in [3.05, 3.63) is 60.9 Å². The molecule has 0 aliphatic heterocycles. The monoisotopic (exact) mass is 333 g/mol. The van der Waals surface area contributed by atoms with Crippen molar-refractivity contribution in [3.8, 4) is 0 Å². The van der Waals surface area contributed by atoms with Gasteiger partial charge in [0.1, 0.15) is 10.1 Å². The molecule has 2 aromatic heterocycles. The van der Waals surface area contributed by atoms with Crippen LogP contribution in [0.5, 0.6) is 0 Å². The Morgan fingerprint density at radius 2 is 1.59 bits per heavy atom. The van der Waals surface area contributed by atoms with E-state index in [1.807, 2.05) is 43.3 Å². The van der Waals surface area contributed by atoms with Crippen LogP contribution in [0, 0.1) is 0 Å². The Kier molecular flexibility index (Phi) is 9.02. The van der Waals surface area contributed by atoms with Gasteiger partial charge in [0.05, 0.1) is 0 Å². The Bertz CT molecular complexity index is 537. The summed E-state index contributed by atoms with van der Waals surface area (Å²) in [5.74, 6) is -0.0625. The summed E-state index contributed by atoms with van der Waals surface area (Å²) < 4.78 is 0. The van der Waals surface area contributed by atoms with Crippen LogP contribution in [-0.4, -0.2) is 22.4 Å². The van der Waals surface area contributed by atoms with Crippen LogP contribution >= 0.6 is 21.6 Å². The lowest BCUT2D eigenvalue weighted by molar-refractivity contribution is -0.117. The van der Waals surface area contributed by atoms with E-state index in [0.717, 1.165) is 10.1 Å². The third-order valence-electron chi connectivity index (χ3n) is 2.21. The largest absolute Gasteiger partial charge is 0.353 e. The summed E-state index contributed by atoms with van der Waals surface area (Å²) in [6.07, 6.45) is 3.59. The van der Waals surface area contributed by atoms with Crippen LogP contribution in [0.1, 0.15) is 13.8 Å². The molecule has 2 heterocycles. The molecular formula is C16H19N3OS2.